The number of benzene rings is 2. The normalized spacial score (nSPS) is 33.2. The van der Waals surface area contributed by atoms with E-state index in [1.165, 1.54) is 5.56 Å². The van der Waals surface area contributed by atoms with Crippen LogP contribution in [0.15, 0.2) is 66.7 Å². The summed E-state index contributed by atoms with van der Waals surface area (Å²) in [6.45, 7) is 9.08. The lowest BCUT2D eigenvalue weighted by molar-refractivity contribution is -0.141. The predicted molar refractivity (Wildman–Crippen MR) is 163 cm³/mol. The minimum atomic E-state index is -1.16. The number of amides is 3. The summed E-state index contributed by atoms with van der Waals surface area (Å²) < 4.78 is 6.53. The zero-order chi connectivity index (χ0) is 29.6. The maximum atomic E-state index is 14.3. The van der Waals surface area contributed by atoms with Gasteiger partial charge in [-0.1, -0.05) is 95.2 Å². The molecule has 3 amide bonds. The summed E-state index contributed by atoms with van der Waals surface area (Å²) in [5.74, 6) is -0.813. The molecule has 3 aliphatic heterocycles. The first-order valence-corrected chi connectivity index (χ1v) is 15.6. The summed E-state index contributed by atoms with van der Waals surface area (Å²) in [6, 6.07) is 17.0. The van der Waals surface area contributed by atoms with E-state index >= 15 is 0 Å². The van der Waals surface area contributed by atoms with Crippen molar-refractivity contribution < 1.29 is 19.1 Å². The molecule has 2 N–H and O–H groups in total. The summed E-state index contributed by atoms with van der Waals surface area (Å²) >= 11 is 0. The van der Waals surface area contributed by atoms with Gasteiger partial charge in [-0.3, -0.25) is 14.4 Å². The van der Waals surface area contributed by atoms with Gasteiger partial charge in [-0.05, 0) is 53.9 Å². The molecule has 2 bridgehead atoms. The minimum absolute atomic E-state index is 0.0539. The Morgan fingerprint density at radius 1 is 1.02 bits per heavy atom. The zero-order valence-corrected chi connectivity index (χ0v) is 25.1. The van der Waals surface area contributed by atoms with Crippen molar-refractivity contribution in [3.63, 3.8) is 0 Å². The summed E-state index contributed by atoms with van der Waals surface area (Å²) in [6.07, 6.45) is 7.00. The average Bonchev–Trinajstić information content (AvgIpc) is 3.62. The van der Waals surface area contributed by atoms with E-state index in [2.05, 4.69) is 38.3 Å². The molecule has 0 aromatic heterocycles. The fraction of sp³-hybridized carbons (Fsp3) is 0.514. The van der Waals surface area contributed by atoms with Crippen molar-refractivity contribution in [2.45, 2.75) is 83.1 Å². The first kappa shape index (κ1) is 28.7. The second kappa shape index (κ2) is 11.3. The van der Waals surface area contributed by atoms with Gasteiger partial charge in [-0.25, -0.2) is 0 Å². The van der Waals surface area contributed by atoms with Crippen LogP contribution >= 0.6 is 0 Å². The molecule has 2 aromatic rings. The summed E-state index contributed by atoms with van der Waals surface area (Å²) in [7, 11) is 0. The first-order valence-electron chi connectivity index (χ1n) is 15.6. The van der Waals surface area contributed by atoms with Gasteiger partial charge >= 0.3 is 0 Å². The number of hydrogen-bond acceptors (Lipinski definition) is 4. The Morgan fingerprint density at radius 2 is 1.76 bits per heavy atom. The molecule has 222 valence electrons. The highest BCUT2D eigenvalue weighted by Crippen LogP contribution is 2.55. The van der Waals surface area contributed by atoms with Gasteiger partial charge in [0.25, 0.3) is 0 Å². The summed E-state index contributed by atoms with van der Waals surface area (Å²) in [5, 5.41) is 6.36. The van der Waals surface area contributed by atoms with E-state index in [9.17, 15) is 14.4 Å². The summed E-state index contributed by atoms with van der Waals surface area (Å²) in [4.78, 5) is 43.9. The van der Waals surface area contributed by atoms with Crippen molar-refractivity contribution in [3.8, 4) is 0 Å². The van der Waals surface area contributed by atoms with Gasteiger partial charge in [0, 0.05) is 18.3 Å². The molecule has 1 spiro atoms. The van der Waals surface area contributed by atoms with Crippen LogP contribution < -0.4 is 10.6 Å². The van der Waals surface area contributed by atoms with Gasteiger partial charge in [0.15, 0.2) is 0 Å². The lowest BCUT2D eigenvalue weighted by Crippen LogP contribution is -2.58. The molecule has 8 atom stereocenters. The molecular weight excluding hydrogens is 526 g/mol. The molecule has 6 rings (SSSR count). The zero-order valence-electron chi connectivity index (χ0n) is 25.1. The van der Waals surface area contributed by atoms with Gasteiger partial charge in [0.1, 0.15) is 11.6 Å². The van der Waals surface area contributed by atoms with E-state index in [0.717, 1.165) is 24.8 Å². The molecule has 6 unspecified atom stereocenters. The fourth-order valence-corrected chi connectivity index (χ4v) is 7.63. The Balaban J connectivity index is 1.28. The first-order chi connectivity index (χ1) is 20.2. The third-order valence-electron chi connectivity index (χ3n) is 10.3. The highest BCUT2D eigenvalue weighted by molar-refractivity contribution is 6.02. The molecular formula is C35H43N3O4. The molecule has 1 aliphatic carbocycles. The number of likely N-dealkylation sites (tertiary alicyclic amines) is 1. The van der Waals surface area contributed by atoms with E-state index in [-0.39, 0.29) is 23.8 Å². The second-order valence-electron chi connectivity index (χ2n) is 13.1. The lowest BCUT2D eigenvalue weighted by Gasteiger charge is -2.38. The Labute approximate surface area is 249 Å². The van der Waals surface area contributed by atoms with Crippen molar-refractivity contribution in [2.75, 3.05) is 11.9 Å². The van der Waals surface area contributed by atoms with Crippen molar-refractivity contribution in [3.05, 3.63) is 77.9 Å². The van der Waals surface area contributed by atoms with Crippen LogP contribution in [0.3, 0.4) is 0 Å². The molecule has 0 radical (unpaired) electrons. The minimum Gasteiger partial charge on any atom is -0.359 e. The lowest BCUT2D eigenvalue weighted by atomic mass is 9.73. The van der Waals surface area contributed by atoms with Gasteiger partial charge < -0.3 is 20.3 Å². The number of carbonyl (C=O) groups excluding carboxylic acids is 3. The number of nitrogens with one attached hydrogen (secondary N) is 2. The SMILES string of the molecule is CC(C)c1ccc(NC(=O)C2[C@H]3C=CC4(O3)C(C(=O)NC3CCCC(C)C3C)N(CCc3ccccc3)C(=O)[C@@H]24)cc1. The van der Waals surface area contributed by atoms with Crippen LogP contribution in [0, 0.1) is 23.7 Å². The fourth-order valence-electron chi connectivity index (χ4n) is 7.63. The van der Waals surface area contributed by atoms with Gasteiger partial charge in [0.05, 0.1) is 17.9 Å². The van der Waals surface area contributed by atoms with Crippen LogP contribution in [0.5, 0.6) is 0 Å². The Bertz CT molecular complexity index is 1360. The Hall–Kier alpha value is -3.45. The van der Waals surface area contributed by atoms with Crippen LogP contribution in [0.1, 0.15) is 64.0 Å². The number of carbonyl (C=O) groups is 3. The monoisotopic (exact) mass is 569 g/mol. The number of fused-ring (bicyclic) bond motifs is 1. The third kappa shape index (κ3) is 4.96. The van der Waals surface area contributed by atoms with Crippen molar-refractivity contribution in [1.82, 2.24) is 10.2 Å². The van der Waals surface area contributed by atoms with E-state index in [4.69, 9.17) is 4.74 Å². The molecule has 1 saturated carbocycles. The molecule has 2 aromatic carbocycles. The van der Waals surface area contributed by atoms with Gasteiger partial charge in [-0.15, -0.1) is 0 Å². The molecule has 2 saturated heterocycles. The van der Waals surface area contributed by atoms with Crippen molar-refractivity contribution in [2.24, 2.45) is 23.7 Å². The smallest absolute Gasteiger partial charge is 0.246 e. The highest BCUT2D eigenvalue weighted by Gasteiger charge is 2.72. The maximum Gasteiger partial charge on any atom is 0.246 e. The van der Waals surface area contributed by atoms with Crippen LogP contribution in [-0.4, -0.2) is 53.0 Å². The van der Waals surface area contributed by atoms with Crippen LogP contribution in [0.25, 0.3) is 0 Å². The topological polar surface area (TPSA) is 87.7 Å². The second-order valence-corrected chi connectivity index (χ2v) is 13.1. The van der Waals surface area contributed by atoms with Crippen molar-refractivity contribution >= 4 is 23.4 Å². The average molecular weight is 570 g/mol. The van der Waals surface area contributed by atoms with E-state index < -0.39 is 29.6 Å². The number of anilines is 1. The Morgan fingerprint density at radius 3 is 2.48 bits per heavy atom. The Kier molecular flexibility index (Phi) is 7.73. The van der Waals surface area contributed by atoms with E-state index in [1.807, 2.05) is 66.7 Å². The third-order valence-corrected chi connectivity index (χ3v) is 10.3. The predicted octanol–water partition coefficient (Wildman–Crippen LogP) is 5.08. The largest absolute Gasteiger partial charge is 0.359 e. The number of rotatable bonds is 8. The van der Waals surface area contributed by atoms with Gasteiger partial charge in [0.2, 0.25) is 17.7 Å². The van der Waals surface area contributed by atoms with Crippen LogP contribution in [0.2, 0.25) is 0 Å². The van der Waals surface area contributed by atoms with Crippen LogP contribution in [0.4, 0.5) is 5.69 Å². The molecule has 7 heteroatoms. The molecule has 42 heavy (non-hydrogen) atoms. The standard InChI is InChI=1S/C35H43N3O4/c1-21(2)25-13-15-26(16-14-25)36-32(39)29-28-17-19-35(42-28)30(29)34(41)38(20-18-24-10-6-5-7-11-24)31(35)33(40)37-27-12-8-9-22(3)23(27)4/h5-7,10-11,13-17,19,21-23,27-31H,8-9,12,18,20H2,1-4H3,(H,36,39)(H,37,40)/t22?,23?,27?,28-,29?,30-,31?,35?/m1/s1. The molecule has 4 aliphatic rings. The number of hydrogen-bond donors (Lipinski definition) is 2. The van der Waals surface area contributed by atoms with Crippen molar-refractivity contribution in [1.29, 1.82) is 0 Å². The highest BCUT2D eigenvalue weighted by atomic mass is 16.5. The van der Waals surface area contributed by atoms with E-state index in [1.54, 1.807) is 4.90 Å². The van der Waals surface area contributed by atoms with Gasteiger partial charge in [-0.2, -0.15) is 0 Å². The quantitative estimate of drug-likeness (QED) is 0.434. The molecule has 7 nitrogen and oxygen atoms in total. The van der Waals surface area contributed by atoms with Crippen LogP contribution in [-0.2, 0) is 25.5 Å². The maximum absolute atomic E-state index is 14.3. The number of nitrogens with zero attached hydrogens (tertiary/aromatic N) is 1. The van der Waals surface area contributed by atoms with E-state index in [0.29, 0.717) is 36.4 Å². The molecule has 3 fully saturated rings. The summed E-state index contributed by atoms with van der Waals surface area (Å²) in [5.41, 5.74) is 1.81. The molecule has 3 heterocycles. The number of ether oxygens (including phenoxy) is 1.